The lowest BCUT2D eigenvalue weighted by Crippen LogP contribution is -2.43. The van der Waals surface area contributed by atoms with Gasteiger partial charge >= 0.3 is 0 Å². The SMILES string of the molecule is CCCCCCCCCCCC(=O)NC(=N)N(C)CC(C)=O. The lowest BCUT2D eigenvalue weighted by atomic mass is 10.1. The third-order valence-corrected chi connectivity index (χ3v) is 3.61. The molecular weight excluding hydrogens is 278 g/mol. The second-order valence-corrected chi connectivity index (χ2v) is 6.03. The van der Waals surface area contributed by atoms with E-state index in [2.05, 4.69) is 12.2 Å². The number of nitrogens with one attached hydrogen (secondary N) is 2. The number of carbonyl (C=O) groups is 2. The van der Waals surface area contributed by atoms with E-state index in [4.69, 9.17) is 5.41 Å². The zero-order valence-corrected chi connectivity index (χ0v) is 14.5. The monoisotopic (exact) mass is 311 g/mol. The van der Waals surface area contributed by atoms with Gasteiger partial charge in [-0.3, -0.25) is 20.3 Å². The van der Waals surface area contributed by atoms with Gasteiger partial charge in [0, 0.05) is 13.5 Å². The van der Waals surface area contributed by atoms with Gasteiger partial charge in [-0.25, -0.2) is 0 Å². The maximum Gasteiger partial charge on any atom is 0.226 e. The highest BCUT2D eigenvalue weighted by molar-refractivity contribution is 5.96. The third-order valence-electron chi connectivity index (χ3n) is 3.61. The highest BCUT2D eigenvalue weighted by atomic mass is 16.2. The molecule has 0 saturated carbocycles. The molecule has 0 fully saturated rings. The van der Waals surface area contributed by atoms with E-state index in [1.54, 1.807) is 7.05 Å². The smallest absolute Gasteiger partial charge is 0.226 e. The molecule has 0 rings (SSSR count). The Balaban J connectivity index is 3.53. The minimum absolute atomic E-state index is 0.00359. The van der Waals surface area contributed by atoms with Gasteiger partial charge in [-0.05, 0) is 13.3 Å². The van der Waals surface area contributed by atoms with Crippen molar-refractivity contribution in [3.8, 4) is 0 Å². The first-order valence-electron chi connectivity index (χ1n) is 8.56. The summed E-state index contributed by atoms with van der Waals surface area (Å²) in [6.07, 6.45) is 11.4. The molecule has 0 aromatic rings. The Kier molecular flexibility index (Phi) is 12.4. The Morgan fingerprint density at radius 1 is 0.955 bits per heavy atom. The van der Waals surface area contributed by atoms with Crippen LogP contribution in [0.5, 0.6) is 0 Å². The number of Topliss-reactive ketones (excluding diaryl/α,β-unsaturated/α-hetero) is 1. The fraction of sp³-hybridized carbons (Fsp3) is 0.824. The number of likely N-dealkylation sites (N-methyl/N-ethyl adjacent to an activating group) is 1. The van der Waals surface area contributed by atoms with Crippen LogP contribution in [0.4, 0.5) is 0 Å². The van der Waals surface area contributed by atoms with Crippen LogP contribution in [0.3, 0.4) is 0 Å². The summed E-state index contributed by atoms with van der Waals surface area (Å²) in [6, 6.07) is 0. The van der Waals surface area contributed by atoms with Gasteiger partial charge in [-0.1, -0.05) is 58.3 Å². The Labute approximate surface area is 135 Å². The Morgan fingerprint density at radius 2 is 1.45 bits per heavy atom. The standard InChI is InChI=1S/C17H33N3O2/c1-4-5-6-7-8-9-10-11-12-13-16(22)19-17(18)20(3)14-15(2)21/h4-14H2,1-3H3,(H2,18,19,22). The largest absolute Gasteiger partial charge is 0.339 e. The van der Waals surface area contributed by atoms with Crippen LogP contribution in [0, 0.1) is 5.41 Å². The van der Waals surface area contributed by atoms with Crippen molar-refractivity contribution in [1.29, 1.82) is 5.41 Å². The van der Waals surface area contributed by atoms with Gasteiger partial charge in [0.05, 0.1) is 6.54 Å². The quantitative estimate of drug-likeness (QED) is 0.329. The molecule has 0 aromatic heterocycles. The fourth-order valence-electron chi connectivity index (χ4n) is 2.30. The fourth-order valence-corrected chi connectivity index (χ4v) is 2.30. The lowest BCUT2D eigenvalue weighted by molar-refractivity contribution is -0.120. The topological polar surface area (TPSA) is 73.3 Å². The highest BCUT2D eigenvalue weighted by Crippen LogP contribution is 2.10. The van der Waals surface area contributed by atoms with Gasteiger partial charge in [0.2, 0.25) is 5.91 Å². The van der Waals surface area contributed by atoms with E-state index in [9.17, 15) is 9.59 Å². The zero-order chi connectivity index (χ0) is 16.8. The first-order valence-corrected chi connectivity index (χ1v) is 8.56. The van der Waals surface area contributed by atoms with Crippen LogP contribution in [0.15, 0.2) is 0 Å². The van der Waals surface area contributed by atoms with Gasteiger partial charge in [-0.15, -0.1) is 0 Å². The summed E-state index contributed by atoms with van der Waals surface area (Å²) in [5.41, 5.74) is 0. The molecule has 22 heavy (non-hydrogen) atoms. The van der Waals surface area contributed by atoms with E-state index >= 15 is 0 Å². The van der Waals surface area contributed by atoms with Gasteiger partial charge in [-0.2, -0.15) is 0 Å². The van der Waals surface area contributed by atoms with E-state index < -0.39 is 0 Å². The summed E-state index contributed by atoms with van der Waals surface area (Å²) in [7, 11) is 1.63. The van der Waals surface area contributed by atoms with Crippen LogP contribution in [0.1, 0.15) is 78.1 Å². The molecule has 0 saturated heterocycles. The first-order chi connectivity index (χ1) is 10.5. The van der Waals surface area contributed by atoms with E-state index in [0.717, 1.165) is 12.8 Å². The van der Waals surface area contributed by atoms with E-state index in [1.807, 2.05) is 0 Å². The van der Waals surface area contributed by atoms with Crippen LogP contribution >= 0.6 is 0 Å². The summed E-state index contributed by atoms with van der Waals surface area (Å²) < 4.78 is 0. The predicted octanol–water partition coefficient (Wildman–Crippen LogP) is 3.48. The number of rotatable bonds is 12. The average Bonchev–Trinajstić information content (AvgIpc) is 2.44. The third kappa shape index (κ3) is 12.4. The first kappa shape index (κ1) is 20.6. The van der Waals surface area contributed by atoms with Crippen LogP contribution in [-0.2, 0) is 9.59 Å². The number of amides is 1. The minimum Gasteiger partial charge on any atom is -0.339 e. The number of hydrogen-bond acceptors (Lipinski definition) is 3. The average molecular weight is 311 g/mol. The second kappa shape index (κ2) is 13.3. The molecule has 0 heterocycles. The molecule has 5 heteroatoms. The molecule has 0 aromatic carbocycles. The molecular formula is C17H33N3O2. The van der Waals surface area contributed by atoms with Crippen molar-refractivity contribution in [3.63, 3.8) is 0 Å². The number of nitrogens with zero attached hydrogens (tertiary/aromatic N) is 1. The number of hydrogen-bond donors (Lipinski definition) is 2. The summed E-state index contributed by atoms with van der Waals surface area (Å²) >= 11 is 0. The molecule has 0 bridgehead atoms. The predicted molar refractivity (Wildman–Crippen MR) is 91.0 cm³/mol. The number of carbonyl (C=O) groups excluding carboxylic acids is 2. The maximum absolute atomic E-state index is 11.7. The van der Waals surface area contributed by atoms with E-state index in [0.29, 0.717) is 6.42 Å². The van der Waals surface area contributed by atoms with E-state index in [1.165, 1.54) is 56.8 Å². The lowest BCUT2D eigenvalue weighted by Gasteiger charge is -2.18. The van der Waals surface area contributed by atoms with Crippen LogP contribution in [0.25, 0.3) is 0 Å². The zero-order valence-electron chi connectivity index (χ0n) is 14.5. The summed E-state index contributed by atoms with van der Waals surface area (Å²) in [4.78, 5) is 24.1. The van der Waals surface area contributed by atoms with Crippen molar-refractivity contribution in [1.82, 2.24) is 10.2 Å². The van der Waals surface area contributed by atoms with Crippen LogP contribution in [-0.4, -0.2) is 36.1 Å². The van der Waals surface area contributed by atoms with Crippen molar-refractivity contribution >= 4 is 17.6 Å². The molecule has 0 atom stereocenters. The van der Waals surface area contributed by atoms with Crippen LogP contribution < -0.4 is 5.32 Å². The number of unbranched alkanes of at least 4 members (excludes halogenated alkanes) is 8. The number of ketones is 1. The van der Waals surface area contributed by atoms with Crippen molar-refractivity contribution in [2.45, 2.75) is 78.1 Å². The molecule has 2 N–H and O–H groups in total. The van der Waals surface area contributed by atoms with Gasteiger partial charge in [0.1, 0.15) is 5.78 Å². The summed E-state index contributed by atoms with van der Waals surface area (Å²) in [5, 5.41) is 10.2. The molecule has 0 aliphatic carbocycles. The molecule has 0 aliphatic heterocycles. The molecule has 0 unspecified atom stereocenters. The summed E-state index contributed by atoms with van der Waals surface area (Å²) in [6.45, 7) is 3.84. The Bertz CT molecular complexity index is 343. The molecule has 5 nitrogen and oxygen atoms in total. The maximum atomic E-state index is 11.7. The summed E-state index contributed by atoms with van der Waals surface area (Å²) in [5.74, 6) is -0.167. The molecule has 128 valence electrons. The normalized spacial score (nSPS) is 10.3. The van der Waals surface area contributed by atoms with Gasteiger partial charge in [0.15, 0.2) is 5.96 Å². The van der Waals surface area contributed by atoms with Crippen molar-refractivity contribution in [3.05, 3.63) is 0 Å². The van der Waals surface area contributed by atoms with Gasteiger partial charge < -0.3 is 4.90 Å². The van der Waals surface area contributed by atoms with E-state index in [-0.39, 0.29) is 24.2 Å². The second-order valence-electron chi connectivity index (χ2n) is 6.03. The molecule has 0 spiro atoms. The van der Waals surface area contributed by atoms with Crippen molar-refractivity contribution in [2.75, 3.05) is 13.6 Å². The molecule has 0 aliphatic rings. The number of guanidine groups is 1. The van der Waals surface area contributed by atoms with Crippen molar-refractivity contribution < 1.29 is 9.59 Å². The Morgan fingerprint density at radius 3 is 1.95 bits per heavy atom. The van der Waals surface area contributed by atoms with Gasteiger partial charge in [0.25, 0.3) is 0 Å². The molecule has 0 radical (unpaired) electrons. The minimum atomic E-state index is -0.136. The van der Waals surface area contributed by atoms with Crippen molar-refractivity contribution in [2.24, 2.45) is 0 Å². The van der Waals surface area contributed by atoms with Crippen LogP contribution in [0.2, 0.25) is 0 Å². The highest BCUT2D eigenvalue weighted by Gasteiger charge is 2.10. The molecule has 1 amide bonds. The Hall–Kier alpha value is -1.39.